The molecule has 0 amide bonds. The van der Waals surface area contributed by atoms with Crippen LogP contribution in [-0.4, -0.2) is 97.9 Å². The second-order valence-corrected chi connectivity index (χ2v) is 10.7. The van der Waals surface area contributed by atoms with E-state index >= 15 is 0 Å². The highest BCUT2D eigenvalue weighted by Crippen LogP contribution is 2.25. The number of aryl methyl sites for hydroxylation is 2. The molecule has 15 heteroatoms. The van der Waals surface area contributed by atoms with Crippen LogP contribution < -0.4 is 10.1 Å². The first kappa shape index (κ1) is 32.3. The molecule has 0 saturated carbocycles. The summed E-state index contributed by atoms with van der Waals surface area (Å²) >= 11 is 1.79. The fourth-order valence-electron chi connectivity index (χ4n) is 4.29. The van der Waals surface area contributed by atoms with Gasteiger partial charge in [0.25, 0.3) is 0 Å². The van der Waals surface area contributed by atoms with E-state index < -0.39 is 12.1 Å². The van der Waals surface area contributed by atoms with Gasteiger partial charge in [0.2, 0.25) is 0 Å². The number of alkyl halides is 3. The minimum atomic E-state index is -5.08. The Morgan fingerprint density at radius 1 is 1.29 bits per heavy atom. The van der Waals surface area contributed by atoms with Gasteiger partial charge >= 0.3 is 12.1 Å². The SMILES string of the molecule is CSCCn1nnnc1C(NCCc1cnn2c1CCCC2)c1cccc(OCCN(C)C)c1.O=C(O)C(F)(F)F. The van der Waals surface area contributed by atoms with Crippen molar-refractivity contribution in [2.75, 3.05) is 45.8 Å². The highest BCUT2D eigenvalue weighted by atomic mass is 32.2. The smallest absolute Gasteiger partial charge is 0.490 e. The molecule has 0 radical (unpaired) electrons. The lowest BCUT2D eigenvalue weighted by Crippen LogP contribution is -2.28. The maximum absolute atomic E-state index is 10.6. The van der Waals surface area contributed by atoms with Gasteiger partial charge in [0.05, 0.1) is 18.8 Å². The number of fused-ring (bicyclic) bond motifs is 1. The van der Waals surface area contributed by atoms with Gasteiger partial charge in [0.1, 0.15) is 12.4 Å². The molecule has 0 spiro atoms. The average Bonchev–Trinajstić information content (AvgIpc) is 3.57. The lowest BCUT2D eigenvalue weighted by Gasteiger charge is -2.20. The molecule has 4 rings (SSSR count). The summed E-state index contributed by atoms with van der Waals surface area (Å²) in [5.74, 6) is -0.106. The number of nitrogens with one attached hydrogen (secondary N) is 1. The van der Waals surface area contributed by atoms with Crippen molar-refractivity contribution in [3.05, 3.63) is 53.1 Å². The van der Waals surface area contributed by atoms with Gasteiger partial charge in [-0.15, -0.1) is 5.10 Å². The van der Waals surface area contributed by atoms with Crippen LogP contribution in [0.4, 0.5) is 13.2 Å². The summed E-state index contributed by atoms with van der Waals surface area (Å²) in [7, 11) is 4.10. The summed E-state index contributed by atoms with van der Waals surface area (Å²) in [6.45, 7) is 4.14. The van der Waals surface area contributed by atoms with Crippen LogP contribution in [0.2, 0.25) is 0 Å². The Kier molecular flexibility index (Phi) is 12.4. The Bertz CT molecular complexity index is 1230. The van der Waals surface area contributed by atoms with E-state index in [0.717, 1.165) is 61.9 Å². The summed E-state index contributed by atoms with van der Waals surface area (Å²) in [6, 6.07) is 8.14. The highest BCUT2D eigenvalue weighted by molar-refractivity contribution is 7.98. The fourth-order valence-corrected chi connectivity index (χ4v) is 4.64. The topological polar surface area (TPSA) is 123 Å². The first-order valence-electron chi connectivity index (χ1n) is 13.3. The van der Waals surface area contributed by atoms with Gasteiger partial charge in [0, 0.05) is 31.1 Å². The zero-order valence-electron chi connectivity index (χ0n) is 23.5. The molecular formula is C26H37F3N8O3S. The van der Waals surface area contributed by atoms with Crippen LogP contribution in [0.1, 0.15) is 41.5 Å². The number of hydrogen-bond donors (Lipinski definition) is 2. The third-order valence-corrected chi connectivity index (χ3v) is 6.97. The lowest BCUT2D eigenvalue weighted by molar-refractivity contribution is -0.192. The van der Waals surface area contributed by atoms with E-state index in [0.29, 0.717) is 6.61 Å². The zero-order valence-corrected chi connectivity index (χ0v) is 24.3. The molecule has 1 atom stereocenters. The van der Waals surface area contributed by atoms with Crippen molar-refractivity contribution in [3.8, 4) is 5.75 Å². The average molecular weight is 599 g/mol. The largest absolute Gasteiger partial charge is 0.492 e. The minimum absolute atomic E-state index is 0.124. The molecule has 0 saturated heterocycles. The second-order valence-electron chi connectivity index (χ2n) is 9.71. The van der Waals surface area contributed by atoms with Crippen molar-refractivity contribution in [1.82, 2.24) is 40.2 Å². The number of thioether (sulfide) groups is 1. The number of carboxylic acid groups (broad SMARTS) is 1. The molecule has 0 bridgehead atoms. The van der Waals surface area contributed by atoms with Crippen LogP contribution in [0.5, 0.6) is 5.75 Å². The standard InChI is InChI=1S/C24H36N8OS.C2HF3O2/c1-30(2)13-15-33-21-8-6-7-19(17-21)23(24-27-28-29-32(24)14-16-34-3)25-11-10-20-18-26-31-12-5-4-9-22(20)31;3-2(4,5)1(6)7/h6-8,17-18,23,25H,4-5,9-16H2,1-3H3;(H,6,7). The van der Waals surface area contributed by atoms with Crippen molar-refractivity contribution in [2.45, 2.75) is 51.0 Å². The quantitative estimate of drug-likeness (QED) is 0.304. The Balaban J connectivity index is 0.000000587. The van der Waals surface area contributed by atoms with Gasteiger partial charge in [-0.2, -0.15) is 30.0 Å². The predicted molar refractivity (Wildman–Crippen MR) is 149 cm³/mol. The normalized spacial score (nSPS) is 13.8. The van der Waals surface area contributed by atoms with E-state index in [9.17, 15) is 13.2 Å². The van der Waals surface area contributed by atoms with E-state index in [-0.39, 0.29) is 6.04 Å². The number of likely N-dealkylation sites (N-methyl/N-ethyl adjacent to an activating group) is 1. The molecule has 3 heterocycles. The maximum Gasteiger partial charge on any atom is 0.490 e. The number of aromatic nitrogens is 6. The van der Waals surface area contributed by atoms with Gasteiger partial charge in [-0.3, -0.25) is 4.68 Å². The van der Waals surface area contributed by atoms with Crippen molar-refractivity contribution < 1.29 is 27.8 Å². The molecule has 2 aromatic heterocycles. The van der Waals surface area contributed by atoms with Gasteiger partial charge in [-0.05, 0) is 79.7 Å². The third kappa shape index (κ3) is 10.0. The van der Waals surface area contributed by atoms with E-state index in [1.54, 1.807) is 11.8 Å². The van der Waals surface area contributed by atoms with Gasteiger partial charge in [-0.25, -0.2) is 9.48 Å². The van der Waals surface area contributed by atoms with Gasteiger partial charge in [-0.1, -0.05) is 12.1 Å². The van der Waals surface area contributed by atoms with E-state index in [4.69, 9.17) is 14.6 Å². The summed E-state index contributed by atoms with van der Waals surface area (Å²) in [4.78, 5) is 11.0. The Morgan fingerprint density at radius 2 is 2.07 bits per heavy atom. The minimum Gasteiger partial charge on any atom is -0.492 e. The number of tetrazole rings is 1. The molecule has 0 fully saturated rings. The third-order valence-electron chi connectivity index (χ3n) is 6.38. The van der Waals surface area contributed by atoms with Gasteiger partial charge in [0.15, 0.2) is 5.82 Å². The number of carboxylic acids is 1. The number of hydrogen-bond acceptors (Lipinski definition) is 9. The Labute approximate surface area is 241 Å². The summed E-state index contributed by atoms with van der Waals surface area (Å²) in [6.07, 6.45) is 3.58. The zero-order chi connectivity index (χ0) is 29.8. The first-order chi connectivity index (χ1) is 19.6. The molecule has 1 aliphatic heterocycles. The Morgan fingerprint density at radius 3 is 2.78 bits per heavy atom. The lowest BCUT2D eigenvalue weighted by atomic mass is 10.0. The monoisotopic (exact) mass is 598 g/mol. The van der Waals surface area contributed by atoms with Crippen molar-refractivity contribution in [3.63, 3.8) is 0 Å². The second kappa shape index (κ2) is 15.7. The van der Waals surface area contributed by atoms with Crippen LogP contribution >= 0.6 is 11.8 Å². The number of aliphatic carboxylic acids is 1. The van der Waals surface area contributed by atoms with E-state index in [2.05, 4.69) is 53.9 Å². The van der Waals surface area contributed by atoms with Crippen LogP contribution in [0, 0.1) is 0 Å². The molecule has 3 aromatic rings. The molecule has 11 nitrogen and oxygen atoms in total. The number of carbonyl (C=O) groups is 1. The number of nitrogens with zero attached hydrogens (tertiary/aromatic N) is 7. The summed E-state index contributed by atoms with van der Waals surface area (Å²) in [5.41, 5.74) is 3.83. The van der Waals surface area contributed by atoms with Crippen LogP contribution in [-0.2, 0) is 30.7 Å². The Hall–Kier alpha value is -3.17. The van der Waals surface area contributed by atoms with Crippen LogP contribution in [0.25, 0.3) is 0 Å². The van der Waals surface area contributed by atoms with E-state index in [1.807, 2.05) is 37.1 Å². The fraction of sp³-hybridized carbons (Fsp3) is 0.577. The number of benzene rings is 1. The summed E-state index contributed by atoms with van der Waals surface area (Å²) in [5, 5.41) is 28.1. The van der Waals surface area contributed by atoms with Crippen molar-refractivity contribution in [2.24, 2.45) is 0 Å². The predicted octanol–water partition coefficient (Wildman–Crippen LogP) is 3.06. The molecular weight excluding hydrogens is 561 g/mol. The molecule has 1 aliphatic rings. The molecule has 41 heavy (non-hydrogen) atoms. The molecule has 1 aromatic carbocycles. The molecule has 226 valence electrons. The number of halogens is 3. The van der Waals surface area contributed by atoms with Crippen molar-refractivity contribution in [1.29, 1.82) is 0 Å². The summed E-state index contributed by atoms with van der Waals surface area (Å²) < 4.78 is 41.8. The van der Waals surface area contributed by atoms with Gasteiger partial charge < -0.3 is 20.1 Å². The van der Waals surface area contributed by atoms with E-state index in [1.165, 1.54) is 24.1 Å². The highest BCUT2D eigenvalue weighted by Gasteiger charge is 2.38. The van der Waals surface area contributed by atoms with Crippen LogP contribution in [0.15, 0.2) is 30.5 Å². The molecule has 1 unspecified atom stereocenters. The molecule has 2 N–H and O–H groups in total. The number of ether oxygens (including phenoxy) is 1. The maximum atomic E-state index is 10.6. The first-order valence-corrected chi connectivity index (χ1v) is 14.7. The van der Waals surface area contributed by atoms with Crippen molar-refractivity contribution >= 4 is 17.7 Å². The van der Waals surface area contributed by atoms with Crippen LogP contribution in [0.3, 0.4) is 0 Å². The molecule has 0 aliphatic carbocycles. The number of rotatable bonds is 13.